The molecule has 2 aromatic rings. The highest BCUT2D eigenvalue weighted by Gasteiger charge is 2.29. The van der Waals surface area contributed by atoms with Crippen LogP contribution >= 0.6 is 0 Å². The monoisotopic (exact) mass is 287 g/mol. The third-order valence-corrected chi connectivity index (χ3v) is 3.48. The zero-order valence-corrected chi connectivity index (χ0v) is 12.3. The predicted octanol–water partition coefficient (Wildman–Crippen LogP) is 3.75. The Morgan fingerprint density at radius 3 is 2.14 bits per heavy atom. The van der Waals surface area contributed by atoms with E-state index >= 15 is 0 Å². The van der Waals surface area contributed by atoms with Crippen LogP contribution in [0, 0.1) is 5.82 Å². The van der Waals surface area contributed by atoms with Gasteiger partial charge in [-0.1, -0.05) is 12.1 Å². The van der Waals surface area contributed by atoms with Crippen LogP contribution in [0.4, 0.5) is 10.1 Å². The summed E-state index contributed by atoms with van der Waals surface area (Å²) >= 11 is 0. The van der Waals surface area contributed by atoms with E-state index in [2.05, 4.69) is 5.32 Å². The standard InChI is InChI=1S/C17H18FNO2/c1-17(2,12-4-6-13(18)7-5-12)16(20)19-14-8-10-15(21-3)11-9-14/h4-11H,1-3H3,(H,19,20). The molecule has 0 aliphatic carbocycles. The number of hydrogen-bond acceptors (Lipinski definition) is 2. The Morgan fingerprint density at radius 1 is 1.05 bits per heavy atom. The molecule has 2 aromatic carbocycles. The largest absolute Gasteiger partial charge is 0.497 e. The number of ether oxygens (including phenoxy) is 1. The van der Waals surface area contributed by atoms with Crippen LogP contribution in [0.25, 0.3) is 0 Å². The molecule has 0 saturated carbocycles. The first-order chi connectivity index (χ1) is 9.93. The zero-order chi connectivity index (χ0) is 15.5. The van der Waals surface area contributed by atoms with Gasteiger partial charge >= 0.3 is 0 Å². The van der Waals surface area contributed by atoms with Crippen LogP contribution in [0.2, 0.25) is 0 Å². The molecule has 1 amide bonds. The lowest BCUT2D eigenvalue weighted by molar-refractivity contribution is -0.120. The van der Waals surface area contributed by atoms with Gasteiger partial charge in [-0.3, -0.25) is 4.79 Å². The van der Waals surface area contributed by atoms with E-state index in [1.165, 1.54) is 12.1 Å². The summed E-state index contributed by atoms with van der Waals surface area (Å²) in [6.45, 7) is 3.61. The molecule has 21 heavy (non-hydrogen) atoms. The van der Waals surface area contributed by atoms with E-state index in [0.717, 1.165) is 11.3 Å². The molecule has 0 unspecified atom stereocenters. The first kappa shape index (κ1) is 15.0. The minimum atomic E-state index is -0.756. The molecule has 0 spiro atoms. The average Bonchev–Trinajstić information content (AvgIpc) is 2.48. The molecule has 0 bridgehead atoms. The fourth-order valence-corrected chi connectivity index (χ4v) is 1.96. The summed E-state index contributed by atoms with van der Waals surface area (Å²) in [7, 11) is 1.59. The van der Waals surface area contributed by atoms with E-state index in [1.807, 2.05) is 0 Å². The normalized spacial score (nSPS) is 11.0. The maximum atomic E-state index is 13.0. The van der Waals surface area contributed by atoms with Crippen LogP contribution in [0.5, 0.6) is 5.75 Å². The van der Waals surface area contributed by atoms with Crippen molar-refractivity contribution < 1.29 is 13.9 Å². The molecule has 0 atom stereocenters. The van der Waals surface area contributed by atoms with Gasteiger partial charge in [0.25, 0.3) is 0 Å². The van der Waals surface area contributed by atoms with E-state index in [-0.39, 0.29) is 11.7 Å². The van der Waals surface area contributed by atoms with Crippen molar-refractivity contribution in [3.05, 3.63) is 59.9 Å². The van der Waals surface area contributed by atoms with Crippen molar-refractivity contribution >= 4 is 11.6 Å². The van der Waals surface area contributed by atoms with E-state index in [9.17, 15) is 9.18 Å². The molecule has 0 heterocycles. The number of nitrogens with one attached hydrogen (secondary N) is 1. The summed E-state index contributed by atoms with van der Waals surface area (Å²) in [5, 5.41) is 2.86. The molecule has 2 rings (SSSR count). The van der Waals surface area contributed by atoms with Gasteiger partial charge in [0.15, 0.2) is 0 Å². The molecule has 0 fully saturated rings. The Morgan fingerprint density at radius 2 is 1.62 bits per heavy atom. The first-order valence-electron chi connectivity index (χ1n) is 6.65. The molecule has 0 aliphatic heterocycles. The van der Waals surface area contributed by atoms with Crippen LogP contribution in [0.1, 0.15) is 19.4 Å². The third kappa shape index (κ3) is 3.40. The third-order valence-electron chi connectivity index (χ3n) is 3.48. The fourth-order valence-electron chi connectivity index (χ4n) is 1.96. The number of amides is 1. The summed E-state index contributed by atoms with van der Waals surface area (Å²) < 4.78 is 18.1. The number of carbonyl (C=O) groups excluding carboxylic acids is 1. The van der Waals surface area contributed by atoms with E-state index in [0.29, 0.717) is 5.69 Å². The highest BCUT2D eigenvalue weighted by atomic mass is 19.1. The van der Waals surface area contributed by atoms with Crippen molar-refractivity contribution in [2.24, 2.45) is 0 Å². The SMILES string of the molecule is COc1ccc(NC(=O)C(C)(C)c2ccc(F)cc2)cc1. The Balaban J connectivity index is 2.15. The quantitative estimate of drug-likeness (QED) is 0.930. The maximum Gasteiger partial charge on any atom is 0.234 e. The van der Waals surface area contributed by atoms with Gasteiger partial charge in [-0.05, 0) is 55.8 Å². The van der Waals surface area contributed by atoms with Crippen LogP contribution < -0.4 is 10.1 Å². The Kier molecular flexibility index (Phi) is 4.26. The van der Waals surface area contributed by atoms with Crippen LogP contribution in [-0.2, 0) is 10.2 Å². The molecular weight excluding hydrogens is 269 g/mol. The van der Waals surface area contributed by atoms with Gasteiger partial charge in [-0.2, -0.15) is 0 Å². The number of anilines is 1. The van der Waals surface area contributed by atoms with Crippen molar-refractivity contribution in [3.63, 3.8) is 0 Å². The van der Waals surface area contributed by atoms with E-state index in [4.69, 9.17) is 4.74 Å². The molecule has 0 saturated heterocycles. The van der Waals surface area contributed by atoms with Gasteiger partial charge in [0.2, 0.25) is 5.91 Å². The summed E-state index contributed by atoms with van der Waals surface area (Å²) in [5.74, 6) is 0.259. The number of methoxy groups -OCH3 is 1. The van der Waals surface area contributed by atoms with E-state index in [1.54, 1.807) is 57.4 Å². The zero-order valence-electron chi connectivity index (χ0n) is 12.3. The smallest absolute Gasteiger partial charge is 0.234 e. The van der Waals surface area contributed by atoms with Crippen LogP contribution in [-0.4, -0.2) is 13.0 Å². The summed E-state index contributed by atoms with van der Waals surface area (Å²) in [5.41, 5.74) is 0.694. The molecule has 0 aromatic heterocycles. The van der Waals surface area contributed by atoms with Crippen molar-refractivity contribution in [2.45, 2.75) is 19.3 Å². The van der Waals surface area contributed by atoms with Crippen molar-refractivity contribution in [1.29, 1.82) is 0 Å². The molecule has 3 nitrogen and oxygen atoms in total. The molecule has 110 valence electrons. The number of halogens is 1. The number of hydrogen-bond donors (Lipinski definition) is 1. The topological polar surface area (TPSA) is 38.3 Å². The second kappa shape index (κ2) is 5.95. The molecule has 4 heteroatoms. The predicted molar refractivity (Wildman–Crippen MR) is 81.0 cm³/mol. The van der Waals surface area contributed by atoms with Gasteiger partial charge in [0.05, 0.1) is 12.5 Å². The van der Waals surface area contributed by atoms with Crippen LogP contribution in [0.3, 0.4) is 0 Å². The average molecular weight is 287 g/mol. The lowest BCUT2D eigenvalue weighted by Gasteiger charge is -2.24. The minimum Gasteiger partial charge on any atom is -0.497 e. The van der Waals surface area contributed by atoms with E-state index < -0.39 is 5.41 Å². The van der Waals surface area contributed by atoms with Gasteiger partial charge in [0, 0.05) is 5.69 Å². The lowest BCUT2D eigenvalue weighted by Crippen LogP contribution is -2.34. The number of rotatable bonds is 4. The highest BCUT2D eigenvalue weighted by molar-refractivity contribution is 5.98. The van der Waals surface area contributed by atoms with Crippen molar-refractivity contribution in [3.8, 4) is 5.75 Å². The summed E-state index contributed by atoms with van der Waals surface area (Å²) in [6, 6.07) is 13.1. The minimum absolute atomic E-state index is 0.153. The molecule has 0 aliphatic rings. The van der Waals surface area contributed by atoms with Crippen molar-refractivity contribution in [2.75, 3.05) is 12.4 Å². The van der Waals surface area contributed by atoms with Crippen molar-refractivity contribution in [1.82, 2.24) is 0 Å². The Bertz CT molecular complexity index is 618. The maximum absolute atomic E-state index is 13.0. The van der Waals surface area contributed by atoms with Gasteiger partial charge < -0.3 is 10.1 Å². The fraction of sp³-hybridized carbons (Fsp3) is 0.235. The second-order valence-electron chi connectivity index (χ2n) is 5.31. The molecular formula is C17H18FNO2. The van der Waals surface area contributed by atoms with Gasteiger partial charge in [0.1, 0.15) is 11.6 Å². The highest BCUT2D eigenvalue weighted by Crippen LogP contribution is 2.26. The summed E-state index contributed by atoms with van der Waals surface area (Å²) in [4.78, 5) is 12.4. The number of carbonyl (C=O) groups is 1. The Labute approximate surface area is 123 Å². The first-order valence-corrected chi connectivity index (χ1v) is 6.65. The van der Waals surface area contributed by atoms with Crippen LogP contribution in [0.15, 0.2) is 48.5 Å². The Hall–Kier alpha value is -2.36. The van der Waals surface area contributed by atoms with Gasteiger partial charge in [-0.25, -0.2) is 4.39 Å². The molecule has 0 radical (unpaired) electrons. The lowest BCUT2D eigenvalue weighted by atomic mass is 9.83. The second-order valence-corrected chi connectivity index (χ2v) is 5.31. The number of benzene rings is 2. The summed E-state index contributed by atoms with van der Waals surface area (Å²) in [6.07, 6.45) is 0. The van der Waals surface area contributed by atoms with Gasteiger partial charge in [-0.15, -0.1) is 0 Å². The molecule has 1 N–H and O–H groups in total.